The van der Waals surface area contributed by atoms with Crippen LogP contribution in [0.15, 0.2) is 48.5 Å². The van der Waals surface area contributed by atoms with Crippen LogP contribution < -0.4 is 10.1 Å². The first-order valence-electron chi connectivity index (χ1n) is 8.04. The number of nitrogens with one attached hydrogen (secondary N) is 1. The van der Waals surface area contributed by atoms with E-state index in [2.05, 4.69) is 5.32 Å². The third kappa shape index (κ3) is 2.84. The number of methoxy groups -OCH3 is 1. The molecule has 3 amide bonds. The zero-order valence-corrected chi connectivity index (χ0v) is 14.1. The number of hydrogen-bond acceptors (Lipinski definition) is 3. The number of benzene rings is 2. The van der Waals surface area contributed by atoms with Gasteiger partial charge in [0.1, 0.15) is 5.54 Å². The molecule has 130 valence electrons. The number of nitrogens with zero attached hydrogens (tertiary/aromatic N) is 1. The lowest BCUT2D eigenvalue weighted by Crippen LogP contribution is -2.43. The number of halogens is 1. The molecule has 25 heavy (non-hydrogen) atoms. The third-order valence-corrected chi connectivity index (χ3v) is 4.53. The fourth-order valence-corrected chi connectivity index (χ4v) is 3.12. The summed E-state index contributed by atoms with van der Waals surface area (Å²) in [5.74, 6) is -0.743. The third-order valence-electron chi connectivity index (χ3n) is 4.53. The molecule has 1 aliphatic heterocycles. The Balaban J connectivity index is 1.90. The van der Waals surface area contributed by atoms with Crippen LogP contribution in [0.3, 0.4) is 0 Å². The quantitative estimate of drug-likeness (QED) is 0.849. The maximum atomic E-state index is 13.9. The molecule has 0 radical (unpaired) electrons. The molecule has 0 unspecified atom stereocenters. The van der Waals surface area contributed by atoms with Crippen molar-refractivity contribution in [3.63, 3.8) is 0 Å². The Morgan fingerprint density at radius 2 is 1.88 bits per heavy atom. The van der Waals surface area contributed by atoms with E-state index in [1.54, 1.807) is 6.07 Å². The normalized spacial score (nSPS) is 19.9. The summed E-state index contributed by atoms with van der Waals surface area (Å²) >= 11 is 0. The van der Waals surface area contributed by atoms with Crippen LogP contribution in [0, 0.1) is 5.82 Å². The Hall–Kier alpha value is -2.89. The molecule has 5 nitrogen and oxygen atoms in total. The lowest BCUT2D eigenvalue weighted by Gasteiger charge is -2.25. The lowest BCUT2D eigenvalue weighted by atomic mass is 9.87. The van der Waals surface area contributed by atoms with Gasteiger partial charge in [0.05, 0.1) is 13.7 Å². The predicted molar refractivity (Wildman–Crippen MR) is 90.4 cm³/mol. The molecule has 0 aliphatic carbocycles. The maximum absolute atomic E-state index is 13.9. The minimum absolute atomic E-state index is 0.000163. The van der Waals surface area contributed by atoms with E-state index in [1.807, 2.05) is 37.3 Å². The van der Waals surface area contributed by atoms with Crippen molar-refractivity contribution in [1.82, 2.24) is 10.2 Å². The fourth-order valence-electron chi connectivity index (χ4n) is 3.12. The molecule has 2 aromatic carbocycles. The van der Waals surface area contributed by atoms with E-state index in [0.717, 1.165) is 10.5 Å². The summed E-state index contributed by atoms with van der Waals surface area (Å²) in [5.41, 5.74) is 0.171. The molecule has 1 fully saturated rings. The molecule has 1 N–H and O–H groups in total. The van der Waals surface area contributed by atoms with Gasteiger partial charge in [-0.15, -0.1) is 0 Å². The van der Waals surface area contributed by atoms with Gasteiger partial charge in [0.25, 0.3) is 5.91 Å². The van der Waals surface area contributed by atoms with Crippen LogP contribution in [0.2, 0.25) is 0 Å². The summed E-state index contributed by atoms with van der Waals surface area (Å²) in [6.07, 6.45) is 0.426. The van der Waals surface area contributed by atoms with E-state index in [1.165, 1.54) is 19.2 Å². The Morgan fingerprint density at radius 3 is 2.48 bits per heavy atom. The van der Waals surface area contributed by atoms with E-state index < -0.39 is 17.4 Å². The zero-order chi connectivity index (χ0) is 18.0. The minimum Gasteiger partial charge on any atom is -0.494 e. The first-order chi connectivity index (χ1) is 12.0. The second-order valence-electron chi connectivity index (χ2n) is 5.92. The van der Waals surface area contributed by atoms with Crippen molar-refractivity contribution < 1.29 is 18.7 Å². The fraction of sp³-hybridized carbons (Fsp3) is 0.263. The molecule has 1 atom stereocenters. The number of imide groups is 1. The molecule has 0 bridgehead atoms. The molecule has 1 saturated heterocycles. The van der Waals surface area contributed by atoms with Crippen LogP contribution in [0.4, 0.5) is 9.18 Å². The van der Waals surface area contributed by atoms with Gasteiger partial charge in [-0.1, -0.05) is 43.3 Å². The average molecular weight is 342 g/mol. The second-order valence-corrected chi connectivity index (χ2v) is 5.92. The number of carbonyl (C=O) groups is 2. The summed E-state index contributed by atoms with van der Waals surface area (Å²) < 4.78 is 18.8. The lowest BCUT2D eigenvalue weighted by molar-refractivity contribution is -0.132. The maximum Gasteiger partial charge on any atom is 0.325 e. The molecule has 3 rings (SSSR count). The van der Waals surface area contributed by atoms with Crippen LogP contribution in [0.5, 0.6) is 5.75 Å². The molecule has 6 heteroatoms. The monoisotopic (exact) mass is 342 g/mol. The Labute approximate surface area is 145 Å². The van der Waals surface area contributed by atoms with Gasteiger partial charge in [0.15, 0.2) is 11.6 Å². The molecule has 0 aromatic heterocycles. The van der Waals surface area contributed by atoms with Crippen molar-refractivity contribution in [2.75, 3.05) is 7.11 Å². The highest BCUT2D eigenvalue weighted by Gasteiger charge is 2.51. The van der Waals surface area contributed by atoms with Crippen molar-refractivity contribution in [3.05, 3.63) is 65.5 Å². The topological polar surface area (TPSA) is 58.6 Å². The van der Waals surface area contributed by atoms with Crippen LogP contribution in [-0.4, -0.2) is 23.9 Å². The van der Waals surface area contributed by atoms with Crippen LogP contribution in [0.1, 0.15) is 24.5 Å². The highest BCUT2D eigenvalue weighted by Crippen LogP contribution is 2.33. The van der Waals surface area contributed by atoms with Crippen molar-refractivity contribution >= 4 is 11.9 Å². The van der Waals surface area contributed by atoms with Gasteiger partial charge in [0, 0.05) is 0 Å². The van der Waals surface area contributed by atoms with E-state index in [9.17, 15) is 14.0 Å². The minimum atomic E-state index is -1.08. The average Bonchev–Trinajstić information content (AvgIpc) is 2.88. The summed E-state index contributed by atoms with van der Waals surface area (Å²) in [5, 5.41) is 2.81. The Kier molecular flexibility index (Phi) is 4.44. The molecule has 1 heterocycles. The van der Waals surface area contributed by atoms with Gasteiger partial charge >= 0.3 is 6.03 Å². The zero-order valence-electron chi connectivity index (χ0n) is 14.1. The number of rotatable bonds is 5. The Morgan fingerprint density at radius 1 is 1.16 bits per heavy atom. The van der Waals surface area contributed by atoms with Crippen molar-refractivity contribution in [1.29, 1.82) is 0 Å². The molecule has 0 spiro atoms. The van der Waals surface area contributed by atoms with Gasteiger partial charge in [-0.2, -0.15) is 0 Å². The second kappa shape index (κ2) is 6.55. The molecule has 1 aliphatic rings. The van der Waals surface area contributed by atoms with Crippen LogP contribution in [-0.2, 0) is 16.9 Å². The number of hydrogen-bond donors (Lipinski definition) is 1. The van der Waals surface area contributed by atoms with Gasteiger partial charge in [-0.3, -0.25) is 9.69 Å². The standard InChI is InChI=1S/C19H19FN2O3/c1-3-19(14-7-5-4-6-8-14)17(23)22(18(24)21-19)12-13-9-10-16(25-2)15(20)11-13/h4-11H,3,12H2,1-2H3,(H,21,24)/t19-/m0/s1. The van der Waals surface area contributed by atoms with Crippen molar-refractivity contribution in [2.24, 2.45) is 0 Å². The van der Waals surface area contributed by atoms with Gasteiger partial charge in [0.2, 0.25) is 0 Å². The Bertz CT molecular complexity index is 810. The van der Waals surface area contributed by atoms with E-state index >= 15 is 0 Å². The number of amides is 3. The smallest absolute Gasteiger partial charge is 0.325 e. The van der Waals surface area contributed by atoms with Gasteiger partial charge in [-0.05, 0) is 29.7 Å². The highest BCUT2D eigenvalue weighted by molar-refractivity contribution is 6.07. The van der Waals surface area contributed by atoms with Gasteiger partial charge in [-0.25, -0.2) is 9.18 Å². The number of urea groups is 1. The number of ether oxygens (including phenoxy) is 1. The first kappa shape index (κ1) is 17.0. The summed E-state index contributed by atoms with van der Waals surface area (Å²) in [6, 6.07) is 13.1. The number of carbonyl (C=O) groups excluding carboxylic acids is 2. The van der Waals surface area contributed by atoms with E-state index in [-0.39, 0.29) is 18.2 Å². The summed E-state index contributed by atoms with van der Waals surface area (Å²) in [6.45, 7) is 1.85. The van der Waals surface area contributed by atoms with Crippen LogP contribution >= 0.6 is 0 Å². The highest BCUT2D eigenvalue weighted by atomic mass is 19.1. The molecule has 2 aromatic rings. The largest absolute Gasteiger partial charge is 0.494 e. The SMILES string of the molecule is CC[C@@]1(c2ccccc2)NC(=O)N(Cc2ccc(OC)c(F)c2)C1=O. The van der Waals surface area contributed by atoms with Crippen LogP contribution in [0.25, 0.3) is 0 Å². The summed E-state index contributed by atoms with van der Waals surface area (Å²) in [7, 11) is 1.38. The molecular weight excluding hydrogens is 323 g/mol. The molecular formula is C19H19FN2O3. The van der Waals surface area contributed by atoms with Gasteiger partial charge < -0.3 is 10.1 Å². The predicted octanol–water partition coefficient (Wildman–Crippen LogP) is 3.19. The van der Waals surface area contributed by atoms with Crippen molar-refractivity contribution in [3.8, 4) is 5.75 Å². The van der Waals surface area contributed by atoms with Crippen molar-refractivity contribution in [2.45, 2.75) is 25.4 Å². The van der Waals surface area contributed by atoms with E-state index in [4.69, 9.17) is 4.74 Å². The molecule has 0 saturated carbocycles. The van der Waals surface area contributed by atoms with E-state index in [0.29, 0.717) is 12.0 Å². The first-order valence-corrected chi connectivity index (χ1v) is 8.04. The summed E-state index contributed by atoms with van der Waals surface area (Å²) in [4.78, 5) is 26.5.